The molecule has 8 nitrogen and oxygen atoms in total. The van der Waals surface area contributed by atoms with Gasteiger partial charge in [-0.1, -0.05) is 47.5 Å². The van der Waals surface area contributed by atoms with E-state index < -0.39 is 11.9 Å². The highest BCUT2D eigenvalue weighted by atomic mass is 35.5. The van der Waals surface area contributed by atoms with Gasteiger partial charge >= 0.3 is 11.9 Å². The average Bonchev–Trinajstić information content (AvgIpc) is 3.57. The maximum absolute atomic E-state index is 12.7. The Morgan fingerprint density at radius 1 is 0.659 bits per heavy atom. The summed E-state index contributed by atoms with van der Waals surface area (Å²) in [4.78, 5) is 50.5. The Labute approximate surface area is 254 Å². The van der Waals surface area contributed by atoms with Crippen LogP contribution in [0.2, 0.25) is 10.0 Å². The van der Waals surface area contributed by atoms with Crippen molar-refractivity contribution in [1.29, 1.82) is 0 Å². The van der Waals surface area contributed by atoms with E-state index in [0.29, 0.717) is 31.2 Å². The van der Waals surface area contributed by atoms with Crippen molar-refractivity contribution in [2.45, 2.75) is 19.3 Å². The zero-order valence-electron chi connectivity index (χ0n) is 21.9. The van der Waals surface area contributed by atoms with Gasteiger partial charge in [0.15, 0.2) is 0 Å². The molecule has 0 spiro atoms. The van der Waals surface area contributed by atoms with Crippen LogP contribution in [0, 0.1) is 0 Å². The zero-order chi connectivity index (χ0) is 29.5. The quantitative estimate of drug-likeness (QED) is 0.173. The smallest absolute Gasteiger partial charge is 0.341 e. The third-order valence-corrected chi connectivity index (χ3v) is 8.28. The van der Waals surface area contributed by atoms with Crippen LogP contribution in [0.15, 0.2) is 59.3 Å². The molecule has 41 heavy (non-hydrogen) atoms. The summed E-state index contributed by atoms with van der Waals surface area (Å²) in [5, 5.41) is 10.9. The molecule has 0 unspecified atom stereocenters. The Balaban J connectivity index is 1.38. The van der Waals surface area contributed by atoms with Crippen LogP contribution in [-0.4, -0.2) is 38.0 Å². The zero-order valence-corrected chi connectivity index (χ0v) is 25.1. The third-order valence-electron chi connectivity index (χ3n) is 5.99. The van der Waals surface area contributed by atoms with Crippen molar-refractivity contribution in [3.8, 4) is 22.3 Å². The number of benzene rings is 2. The van der Waals surface area contributed by atoms with Crippen molar-refractivity contribution in [3.05, 3.63) is 80.5 Å². The number of carbonyl (C=O) groups is 4. The lowest BCUT2D eigenvalue weighted by Crippen LogP contribution is -2.16. The summed E-state index contributed by atoms with van der Waals surface area (Å²) in [6.07, 6.45) is 0.308. The number of carbonyl (C=O) groups excluding carboxylic acids is 4. The van der Waals surface area contributed by atoms with Crippen LogP contribution < -0.4 is 10.6 Å². The molecule has 0 fully saturated rings. The molecule has 0 atom stereocenters. The normalized spacial score (nSPS) is 10.6. The summed E-state index contributed by atoms with van der Waals surface area (Å²) < 4.78 is 9.88. The first-order valence-corrected chi connectivity index (χ1v) is 14.7. The van der Waals surface area contributed by atoms with E-state index in [0.717, 1.165) is 11.1 Å². The van der Waals surface area contributed by atoms with E-state index in [-0.39, 0.29) is 42.2 Å². The van der Waals surface area contributed by atoms with Gasteiger partial charge in [0.1, 0.15) is 21.1 Å². The van der Waals surface area contributed by atoms with Crippen LogP contribution in [0.5, 0.6) is 0 Å². The molecule has 0 radical (unpaired) electrons. The van der Waals surface area contributed by atoms with Gasteiger partial charge in [0, 0.05) is 44.8 Å². The van der Waals surface area contributed by atoms with Gasteiger partial charge in [-0.3, -0.25) is 9.59 Å². The van der Waals surface area contributed by atoms with Gasteiger partial charge in [0.2, 0.25) is 11.8 Å². The van der Waals surface area contributed by atoms with Crippen molar-refractivity contribution in [1.82, 2.24) is 0 Å². The number of halogens is 2. The summed E-state index contributed by atoms with van der Waals surface area (Å²) in [5.74, 6) is -1.88. The summed E-state index contributed by atoms with van der Waals surface area (Å²) in [5.41, 5.74) is 3.22. The van der Waals surface area contributed by atoms with E-state index in [1.807, 2.05) is 0 Å². The molecule has 0 bridgehead atoms. The predicted octanol–water partition coefficient (Wildman–Crippen LogP) is 7.77. The lowest BCUT2D eigenvalue weighted by Gasteiger charge is -2.09. The van der Waals surface area contributed by atoms with E-state index in [1.54, 1.807) is 59.3 Å². The first-order valence-electron chi connectivity index (χ1n) is 12.2. The molecule has 212 valence electrons. The summed E-state index contributed by atoms with van der Waals surface area (Å²) in [6.45, 7) is 0. The molecule has 2 amide bonds. The number of rotatable bonds is 10. The molecule has 0 aliphatic rings. The topological polar surface area (TPSA) is 111 Å². The molecule has 2 heterocycles. The van der Waals surface area contributed by atoms with Crippen molar-refractivity contribution in [2.75, 3.05) is 24.9 Å². The largest absolute Gasteiger partial charge is 0.465 e. The minimum Gasteiger partial charge on any atom is -0.465 e. The fourth-order valence-electron chi connectivity index (χ4n) is 3.98. The Morgan fingerprint density at radius 2 is 1.02 bits per heavy atom. The van der Waals surface area contributed by atoms with Crippen LogP contribution in [0.25, 0.3) is 22.3 Å². The standard InChI is InChI=1S/C29H24Cl2N2O6S2/c1-38-28(36)24-20(16-6-10-18(30)11-7-16)14-40-26(24)32-22(34)4-3-5-23(35)33-27-25(29(37)39-2)21(15-41-27)17-8-12-19(31)13-9-17/h6-15H,3-5H2,1-2H3,(H,32,34)(H,33,35). The molecule has 0 saturated heterocycles. The van der Waals surface area contributed by atoms with Gasteiger partial charge in [-0.05, 0) is 41.8 Å². The number of thiophene rings is 2. The van der Waals surface area contributed by atoms with Gasteiger partial charge in [-0.25, -0.2) is 9.59 Å². The number of anilines is 2. The van der Waals surface area contributed by atoms with Gasteiger partial charge in [-0.2, -0.15) is 0 Å². The molecule has 12 heteroatoms. The van der Waals surface area contributed by atoms with Crippen molar-refractivity contribution in [3.63, 3.8) is 0 Å². The van der Waals surface area contributed by atoms with Crippen molar-refractivity contribution < 1.29 is 28.7 Å². The SMILES string of the molecule is COC(=O)c1c(-c2ccc(Cl)cc2)csc1NC(=O)CCCC(=O)Nc1scc(-c2ccc(Cl)cc2)c1C(=O)OC. The van der Waals surface area contributed by atoms with Crippen LogP contribution >= 0.6 is 45.9 Å². The van der Waals surface area contributed by atoms with Crippen LogP contribution in [0.3, 0.4) is 0 Å². The number of hydrogen-bond acceptors (Lipinski definition) is 8. The highest BCUT2D eigenvalue weighted by Gasteiger charge is 2.24. The maximum Gasteiger partial charge on any atom is 0.341 e. The van der Waals surface area contributed by atoms with Gasteiger partial charge in [0.25, 0.3) is 0 Å². The molecule has 0 saturated carbocycles. The van der Waals surface area contributed by atoms with Crippen LogP contribution in [0.1, 0.15) is 40.0 Å². The Morgan fingerprint density at radius 3 is 1.37 bits per heavy atom. The molecule has 4 aromatic rings. The second kappa shape index (κ2) is 13.8. The number of ether oxygens (including phenoxy) is 2. The van der Waals surface area contributed by atoms with E-state index in [4.69, 9.17) is 32.7 Å². The highest BCUT2D eigenvalue weighted by molar-refractivity contribution is 7.15. The molecule has 2 N–H and O–H groups in total. The summed E-state index contributed by atoms with van der Waals surface area (Å²) in [6, 6.07) is 13.9. The second-order valence-electron chi connectivity index (χ2n) is 8.65. The van der Waals surface area contributed by atoms with E-state index in [9.17, 15) is 19.2 Å². The van der Waals surface area contributed by atoms with E-state index in [2.05, 4.69) is 10.6 Å². The number of esters is 2. The van der Waals surface area contributed by atoms with Gasteiger partial charge in [0.05, 0.1) is 14.2 Å². The van der Waals surface area contributed by atoms with Crippen molar-refractivity contribution in [2.24, 2.45) is 0 Å². The summed E-state index contributed by atoms with van der Waals surface area (Å²) >= 11 is 14.4. The first kappa shape index (κ1) is 30.3. The van der Waals surface area contributed by atoms with Crippen molar-refractivity contribution >= 4 is 79.6 Å². The average molecular weight is 632 g/mol. The maximum atomic E-state index is 12.7. The molecule has 0 aliphatic heterocycles. The minimum absolute atomic E-state index is 0.0343. The Bertz CT molecular complexity index is 1460. The van der Waals surface area contributed by atoms with Crippen LogP contribution in [0.4, 0.5) is 10.0 Å². The molecule has 2 aromatic heterocycles. The highest BCUT2D eigenvalue weighted by Crippen LogP contribution is 2.38. The third kappa shape index (κ3) is 7.34. The molecule has 0 aliphatic carbocycles. The molecular weight excluding hydrogens is 607 g/mol. The second-order valence-corrected chi connectivity index (χ2v) is 11.3. The van der Waals surface area contributed by atoms with Gasteiger partial charge in [-0.15, -0.1) is 22.7 Å². The van der Waals surface area contributed by atoms with E-state index in [1.165, 1.54) is 36.9 Å². The fourth-order valence-corrected chi connectivity index (χ4v) is 6.18. The lowest BCUT2D eigenvalue weighted by molar-refractivity contribution is -0.117. The van der Waals surface area contributed by atoms with Crippen LogP contribution in [-0.2, 0) is 19.1 Å². The summed E-state index contributed by atoms with van der Waals surface area (Å²) in [7, 11) is 2.54. The number of hydrogen-bond donors (Lipinski definition) is 2. The number of nitrogens with one attached hydrogen (secondary N) is 2. The lowest BCUT2D eigenvalue weighted by atomic mass is 10.0. The Hall–Kier alpha value is -3.70. The number of methoxy groups -OCH3 is 2. The fraction of sp³-hybridized carbons (Fsp3) is 0.172. The number of amides is 2. The minimum atomic E-state index is -0.582. The molecule has 4 rings (SSSR count). The molecule has 2 aromatic carbocycles. The Kier molecular flexibility index (Phi) is 10.2. The van der Waals surface area contributed by atoms with Gasteiger partial charge < -0.3 is 20.1 Å². The monoisotopic (exact) mass is 630 g/mol. The van der Waals surface area contributed by atoms with E-state index >= 15 is 0 Å². The first-order chi connectivity index (χ1) is 19.7. The predicted molar refractivity (Wildman–Crippen MR) is 163 cm³/mol. The molecular formula is C29H24Cl2N2O6S2.